The molecular weight excluding hydrogens is 272 g/mol. The molecule has 0 radical (unpaired) electrons. The highest BCUT2D eigenvalue weighted by atomic mass is 16.3. The fourth-order valence-electron chi connectivity index (χ4n) is 2.61. The molecule has 0 amide bonds. The molecule has 3 aromatic carbocycles. The Morgan fingerprint density at radius 2 is 1.45 bits per heavy atom. The highest BCUT2D eigenvalue weighted by molar-refractivity contribution is 5.95. The number of anilines is 1. The summed E-state index contributed by atoms with van der Waals surface area (Å²) in [6, 6.07) is 23.6. The average Bonchev–Trinajstić information content (AvgIpc) is 3.00. The lowest BCUT2D eigenvalue weighted by molar-refractivity contribution is 0.620. The Hall–Kier alpha value is -3.07. The van der Waals surface area contributed by atoms with Crippen LogP contribution in [0, 0.1) is 0 Å². The summed E-state index contributed by atoms with van der Waals surface area (Å²) in [7, 11) is 0. The number of para-hydroxylation sites is 2. The maximum absolute atomic E-state index is 6.10. The molecule has 0 aliphatic carbocycles. The van der Waals surface area contributed by atoms with Crippen LogP contribution < -0.4 is 5.73 Å². The Bertz CT molecular complexity index is 942. The Kier molecular flexibility index (Phi) is 2.90. The molecule has 22 heavy (non-hydrogen) atoms. The van der Waals surface area contributed by atoms with Crippen LogP contribution in [0.4, 0.5) is 5.69 Å². The molecule has 106 valence electrons. The molecular formula is C19H14N2O. The number of oxazole rings is 1. The van der Waals surface area contributed by atoms with E-state index in [0.717, 1.165) is 33.5 Å². The van der Waals surface area contributed by atoms with Gasteiger partial charge in [0, 0.05) is 22.4 Å². The first kappa shape index (κ1) is 12.7. The third-order valence-electron chi connectivity index (χ3n) is 3.69. The number of nitrogen functional groups attached to an aromatic ring is 1. The van der Waals surface area contributed by atoms with E-state index in [1.165, 1.54) is 0 Å². The summed E-state index contributed by atoms with van der Waals surface area (Å²) >= 11 is 0. The van der Waals surface area contributed by atoms with Crippen LogP contribution in [0.15, 0.2) is 77.2 Å². The summed E-state index contributed by atoms with van der Waals surface area (Å²) in [4.78, 5) is 4.68. The normalized spacial score (nSPS) is 10.9. The molecule has 1 aromatic heterocycles. The van der Waals surface area contributed by atoms with Gasteiger partial charge in [0.2, 0.25) is 5.89 Å². The van der Waals surface area contributed by atoms with Crippen LogP contribution in [0.5, 0.6) is 0 Å². The molecule has 3 heteroatoms. The lowest BCUT2D eigenvalue weighted by Crippen LogP contribution is -1.89. The highest BCUT2D eigenvalue weighted by Crippen LogP contribution is 2.34. The molecule has 3 nitrogen and oxygen atoms in total. The number of rotatable bonds is 2. The van der Waals surface area contributed by atoms with Crippen molar-refractivity contribution >= 4 is 16.8 Å². The first-order valence-electron chi connectivity index (χ1n) is 7.13. The number of benzene rings is 3. The SMILES string of the molecule is Nc1ccccc1-c1cccc2oc(-c3ccccc3)nc12. The molecule has 0 bridgehead atoms. The van der Waals surface area contributed by atoms with Crippen LogP contribution in [0.3, 0.4) is 0 Å². The number of fused-ring (bicyclic) bond motifs is 1. The van der Waals surface area contributed by atoms with Crippen LogP contribution in [0.2, 0.25) is 0 Å². The van der Waals surface area contributed by atoms with Crippen molar-refractivity contribution in [3.63, 3.8) is 0 Å². The average molecular weight is 286 g/mol. The van der Waals surface area contributed by atoms with E-state index < -0.39 is 0 Å². The standard InChI is InChI=1S/C19H14N2O/c20-16-11-5-4-9-14(16)15-10-6-12-17-18(15)21-19(22-17)13-7-2-1-3-8-13/h1-12H,20H2. The molecule has 0 saturated heterocycles. The van der Waals surface area contributed by atoms with Crippen molar-refractivity contribution in [2.45, 2.75) is 0 Å². The number of aromatic nitrogens is 1. The van der Waals surface area contributed by atoms with E-state index in [0.29, 0.717) is 5.89 Å². The minimum atomic E-state index is 0.623. The zero-order chi connectivity index (χ0) is 14.9. The molecule has 0 aliphatic heterocycles. The molecule has 0 unspecified atom stereocenters. The summed E-state index contributed by atoms with van der Waals surface area (Å²) in [6.07, 6.45) is 0. The van der Waals surface area contributed by atoms with Crippen LogP contribution in [0.1, 0.15) is 0 Å². The van der Waals surface area contributed by atoms with Gasteiger partial charge in [-0.3, -0.25) is 0 Å². The molecule has 2 N–H and O–H groups in total. The summed E-state index contributed by atoms with van der Waals surface area (Å²) in [5.74, 6) is 0.623. The van der Waals surface area contributed by atoms with Gasteiger partial charge in [-0.05, 0) is 24.3 Å². The van der Waals surface area contributed by atoms with Crippen molar-refractivity contribution in [1.29, 1.82) is 0 Å². The fourth-order valence-corrected chi connectivity index (χ4v) is 2.61. The van der Waals surface area contributed by atoms with Gasteiger partial charge >= 0.3 is 0 Å². The summed E-state index contributed by atoms with van der Waals surface area (Å²) in [5, 5.41) is 0. The Morgan fingerprint density at radius 3 is 2.27 bits per heavy atom. The topological polar surface area (TPSA) is 52.0 Å². The molecule has 0 atom stereocenters. The first-order chi connectivity index (χ1) is 10.8. The minimum Gasteiger partial charge on any atom is -0.436 e. The van der Waals surface area contributed by atoms with E-state index in [9.17, 15) is 0 Å². The Balaban J connectivity index is 1.95. The van der Waals surface area contributed by atoms with Gasteiger partial charge in [0.15, 0.2) is 5.58 Å². The molecule has 0 aliphatic rings. The molecule has 1 heterocycles. The summed E-state index contributed by atoms with van der Waals surface area (Å²) in [5.41, 5.74) is 11.4. The second-order valence-corrected chi connectivity index (χ2v) is 5.12. The number of hydrogen-bond donors (Lipinski definition) is 1. The maximum atomic E-state index is 6.10. The molecule has 0 spiro atoms. The Labute approximate surface area is 128 Å². The van der Waals surface area contributed by atoms with E-state index in [2.05, 4.69) is 4.98 Å². The summed E-state index contributed by atoms with van der Waals surface area (Å²) in [6.45, 7) is 0. The van der Waals surface area contributed by atoms with Crippen LogP contribution in [-0.2, 0) is 0 Å². The zero-order valence-electron chi connectivity index (χ0n) is 11.9. The van der Waals surface area contributed by atoms with Gasteiger partial charge in [-0.1, -0.05) is 48.5 Å². The van der Waals surface area contributed by atoms with E-state index in [1.54, 1.807) is 0 Å². The van der Waals surface area contributed by atoms with Gasteiger partial charge in [0.05, 0.1) is 0 Å². The van der Waals surface area contributed by atoms with Gasteiger partial charge < -0.3 is 10.2 Å². The van der Waals surface area contributed by atoms with E-state index >= 15 is 0 Å². The number of nitrogens with two attached hydrogens (primary N) is 1. The number of hydrogen-bond acceptors (Lipinski definition) is 3. The van der Waals surface area contributed by atoms with Gasteiger partial charge in [0.25, 0.3) is 0 Å². The third-order valence-corrected chi connectivity index (χ3v) is 3.69. The smallest absolute Gasteiger partial charge is 0.227 e. The minimum absolute atomic E-state index is 0.623. The van der Waals surface area contributed by atoms with Crippen molar-refractivity contribution in [2.24, 2.45) is 0 Å². The fraction of sp³-hybridized carbons (Fsp3) is 0. The lowest BCUT2D eigenvalue weighted by Gasteiger charge is -2.05. The van der Waals surface area contributed by atoms with Crippen molar-refractivity contribution in [1.82, 2.24) is 4.98 Å². The van der Waals surface area contributed by atoms with Crippen LogP contribution in [-0.4, -0.2) is 4.98 Å². The second kappa shape index (κ2) is 5.04. The van der Waals surface area contributed by atoms with Crippen molar-refractivity contribution in [3.05, 3.63) is 72.8 Å². The lowest BCUT2D eigenvalue weighted by atomic mass is 10.0. The predicted octanol–water partition coefficient (Wildman–Crippen LogP) is 4.74. The van der Waals surface area contributed by atoms with E-state index in [4.69, 9.17) is 10.2 Å². The van der Waals surface area contributed by atoms with Gasteiger partial charge in [0.1, 0.15) is 5.52 Å². The molecule has 4 aromatic rings. The zero-order valence-corrected chi connectivity index (χ0v) is 11.9. The van der Waals surface area contributed by atoms with E-state index in [-0.39, 0.29) is 0 Å². The Morgan fingerprint density at radius 1 is 0.727 bits per heavy atom. The van der Waals surface area contributed by atoms with Crippen molar-refractivity contribution in [3.8, 4) is 22.6 Å². The monoisotopic (exact) mass is 286 g/mol. The molecule has 0 fully saturated rings. The van der Waals surface area contributed by atoms with Crippen LogP contribution in [0.25, 0.3) is 33.7 Å². The van der Waals surface area contributed by atoms with E-state index in [1.807, 2.05) is 72.8 Å². The quantitative estimate of drug-likeness (QED) is 0.541. The van der Waals surface area contributed by atoms with Gasteiger partial charge in [-0.15, -0.1) is 0 Å². The van der Waals surface area contributed by atoms with Crippen LogP contribution >= 0.6 is 0 Å². The predicted molar refractivity (Wildman–Crippen MR) is 89.3 cm³/mol. The van der Waals surface area contributed by atoms with Gasteiger partial charge in [-0.2, -0.15) is 0 Å². The van der Waals surface area contributed by atoms with Gasteiger partial charge in [-0.25, -0.2) is 4.98 Å². The van der Waals surface area contributed by atoms with Crippen molar-refractivity contribution < 1.29 is 4.42 Å². The first-order valence-corrected chi connectivity index (χ1v) is 7.13. The summed E-state index contributed by atoms with van der Waals surface area (Å²) < 4.78 is 5.90. The third kappa shape index (κ3) is 2.04. The maximum Gasteiger partial charge on any atom is 0.227 e. The number of nitrogens with zero attached hydrogens (tertiary/aromatic N) is 1. The van der Waals surface area contributed by atoms with Crippen molar-refractivity contribution in [2.75, 3.05) is 5.73 Å². The largest absolute Gasteiger partial charge is 0.436 e. The molecule has 0 saturated carbocycles. The highest BCUT2D eigenvalue weighted by Gasteiger charge is 2.13. The molecule has 4 rings (SSSR count). The second-order valence-electron chi connectivity index (χ2n) is 5.12.